The van der Waals surface area contributed by atoms with Crippen molar-refractivity contribution in [3.05, 3.63) is 200 Å². The summed E-state index contributed by atoms with van der Waals surface area (Å²) in [6.45, 7) is 0. The third-order valence-corrected chi connectivity index (χ3v) is 9.94. The number of hydrogen-bond acceptors (Lipinski definition) is 3. The molecule has 4 nitrogen and oxygen atoms in total. The first-order chi connectivity index (χ1) is 30.6. The summed E-state index contributed by atoms with van der Waals surface area (Å²) in [5.41, 5.74) is 8.41. The molecule has 1 aliphatic rings. The minimum atomic E-state index is -0.500. The molecule has 0 saturated carbocycles. The highest BCUT2D eigenvalue weighted by molar-refractivity contribution is 6.09. The molecule has 0 fully saturated rings. The molecule has 1 aliphatic carbocycles. The number of aromatic nitrogens is 4. The topological polar surface area (TPSA) is 43.6 Å². The van der Waals surface area contributed by atoms with Crippen molar-refractivity contribution in [3.8, 4) is 62.1 Å². The molecule has 260 valence electrons. The third kappa shape index (κ3) is 6.24. The number of hydrogen-bond donors (Lipinski definition) is 0. The van der Waals surface area contributed by atoms with Gasteiger partial charge >= 0.3 is 0 Å². The minimum Gasteiger partial charge on any atom is -0.309 e. The summed E-state index contributed by atoms with van der Waals surface area (Å²) in [5, 5.41) is 0.00213. The third-order valence-electron chi connectivity index (χ3n) is 9.94. The maximum absolute atomic E-state index is 9.18. The van der Waals surface area contributed by atoms with Crippen LogP contribution in [0.15, 0.2) is 194 Å². The number of para-hydroxylation sites is 2. The zero-order chi connectivity index (χ0) is 43.5. The van der Waals surface area contributed by atoms with Crippen LogP contribution in [0.5, 0.6) is 0 Å². The molecule has 0 bridgehead atoms. The van der Waals surface area contributed by atoms with Gasteiger partial charge in [0.15, 0.2) is 17.5 Å². The Labute approximate surface area is 331 Å². The summed E-state index contributed by atoms with van der Waals surface area (Å²) >= 11 is 0. The van der Waals surface area contributed by atoms with Crippen LogP contribution in [0.25, 0.3) is 89.5 Å². The number of benzene rings is 7. The first-order valence-corrected chi connectivity index (χ1v) is 18.2. The van der Waals surface area contributed by atoms with E-state index in [0.717, 1.165) is 46.2 Å². The highest BCUT2D eigenvalue weighted by Gasteiger charge is 2.18. The zero-order valence-corrected chi connectivity index (χ0v) is 29.6. The fraction of sp³-hybridized carbons (Fsp3) is 0.0392. The van der Waals surface area contributed by atoms with E-state index in [1.807, 2.05) is 91.0 Å². The van der Waals surface area contributed by atoms with Gasteiger partial charge in [0.1, 0.15) is 0 Å². The average Bonchev–Trinajstić information content (AvgIpc) is 3.71. The van der Waals surface area contributed by atoms with Crippen LogP contribution in [0.1, 0.15) is 29.4 Å². The fourth-order valence-corrected chi connectivity index (χ4v) is 7.28. The zero-order valence-electron chi connectivity index (χ0n) is 37.6. The lowest BCUT2D eigenvalue weighted by Crippen LogP contribution is -2.02. The van der Waals surface area contributed by atoms with Crippen molar-refractivity contribution < 1.29 is 11.0 Å². The second-order valence-electron chi connectivity index (χ2n) is 13.4. The molecule has 0 atom stereocenters. The van der Waals surface area contributed by atoms with E-state index >= 15 is 0 Å². The molecule has 4 heteroatoms. The molecule has 10 rings (SSSR count). The van der Waals surface area contributed by atoms with E-state index < -0.39 is 36.3 Å². The van der Waals surface area contributed by atoms with Gasteiger partial charge < -0.3 is 4.57 Å². The number of fused-ring (bicyclic) bond motifs is 3. The van der Waals surface area contributed by atoms with Gasteiger partial charge in [-0.2, -0.15) is 0 Å². The molecule has 7 aromatic carbocycles. The Kier molecular flexibility index (Phi) is 6.35. The molecule has 0 radical (unpaired) electrons. The molecule has 2 heterocycles. The Morgan fingerprint density at radius 3 is 1.56 bits per heavy atom. The largest absolute Gasteiger partial charge is 0.309 e. The molecule has 0 amide bonds. The molecule has 0 spiro atoms. The molecule has 0 unspecified atom stereocenters. The van der Waals surface area contributed by atoms with Crippen molar-refractivity contribution in [1.29, 1.82) is 0 Å². The van der Waals surface area contributed by atoms with Gasteiger partial charge in [-0.1, -0.05) is 152 Å². The summed E-state index contributed by atoms with van der Waals surface area (Å²) < 4.78 is 72.4. The molecule has 55 heavy (non-hydrogen) atoms. The van der Waals surface area contributed by atoms with E-state index in [9.17, 15) is 2.74 Å². The lowest BCUT2D eigenvalue weighted by molar-refractivity contribution is 1.05. The van der Waals surface area contributed by atoms with Crippen LogP contribution in [0.2, 0.25) is 0 Å². The van der Waals surface area contributed by atoms with Gasteiger partial charge in [-0.15, -0.1) is 0 Å². The van der Waals surface area contributed by atoms with Crippen molar-refractivity contribution in [2.45, 2.75) is 12.8 Å². The molecular weight excluding hydrogens is 669 g/mol. The van der Waals surface area contributed by atoms with Crippen LogP contribution in [-0.4, -0.2) is 19.5 Å². The van der Waals surface area contributed by atoms with Gasteiger partial charge in [0.05, 0.1) is 22.0 Å². The van der Waals surface area contributed by atoms with Crippen LogP contribution in [0.3, 0.4) is 0 Å². The van der Waals surface area contributed by atoms with Gasteiger partial charge in [0.25, 0.3) is 0 Å². The summed E-state index contributed by atoms with van der Waals surface area (Å²) in [4.78, 5) is 15.4. The van der Waals surface area contributed by atoms with Crippen LogP contribution in [0, 0.1) is 0 Å². The fourth-order valence-electron chi connectivity index (χ4n) is 7.28. The summed E-state index contributed by atoms with van der Waals surface area (Å²) in [6.07, 6.45) is 8.24. The lowest BCUT2D eigenvalue weighted by Gasteiger charge is -2.15. The molecule has 0 saturated heterocycles. The van der Waals surface area contributed by atoms with E-state index in [0.29, 0.717) is 34.3 Å². The molecule has 0 aliphatic heterocycles. The van der Waals surface area contributed by atoms with Crippen molar-refractivity contribution >= 4 is 27.4 Å². The quantitative estimate of drug-likeness (QED) is 0.165. The average molecular weight is 713 g/mol. The van der Waals surface area contributed by atoms with Gasteiger partial charge in [-0.25, -0.2) is 15.0 Å². The number of nitrogens with zero attached hydrogens (tertiary/aromatic N) is 4. The van der Waals surface area contributed by atoms with Crippen LogP contribution < -0.4 is 0 Å². The summed E-state index contributed by atoms with van der Waals surface area (Å²) in [6, 6.07) is 38.0. The number of rotatable bonds is 7. The van der Waals surface area contributed by atoms with Gasteiger partial charge in [-0.05, 0) is 88.6 Å². The van der Waals surface area contributed by atoms with Crippen LogP contribution in [0.4, 0.5) is 0 Å². The van der Waals surface area contributed by atoms with E-state index in [2.05, 4.69) is 48.6 Å². The van der Waals surface area contributed by atoms with E-state index in [4.69, 9.17) is 23.2 Å². The number of allylic oxidation sites excluding steroid dienone is 4. The highest BCUT2D eigenvalue weighted by Crippen LogP contribution is 2.37. The highest BCUT2D eigenvalue weighted by atomic mass is 15.0. The smallest absolute Gasteiger partial charge is 0.164 e. The Hall–Kier alpha value is -7.17. The van der Waals surface area contributed by atoms with Crippen molar-refractivity contribution in [3.63, 3.8) is 0 Å². The van der Waals surface area contributed by atoms with Crippen molar-refractivity contribution in [1.82, 2.24) is 19.5 Å². The molecular formula is C51H36N4. The monoisotopic (exact) mass is 712 g/mol. The summed E-state index contributed by atoms with van der Waals surface area (Å²) in [5.74, 6) is 1.21. The van der Waals surface area contributed by atoms with Crippen molar-refractivity contribution in [2.75, 3.05) is 0 Å². The van der Waals surface area contributed by atoms with Crippen LogP contribution >= 0.6 is 0 Å². The predicted molar refractivity (Wildman–Crippen MR) is 228 cm³/mol. The maximum atomic E-state index is 9.18. The second-order valence-corrected chi connectivity index (χ2v) is 13.4. The second kappa shape index (κ2) is 14.0. The first-order valence-electron chi connectivity index (χ1n) is 22.2. The van der Waals surface area contributed by atoms with Crippen LogP contribution in [-0.2, 0) is 0 Å². The summed E-state index contributed by atoms with van der Waals surface area (Å²) in [7, 11) is 0. The normalized spacial score (nSPS) is 14.7. The first kappa shape index (κ1) is 25.0. The minimum absolute atomic E-state index is 0.00106. The molecule has 9 aromatic rings. The van der Waals surface area contributed by atoms with E-state index in [1.54, 1.807) is 6.07 Å². The van der Waals surface area contributed by atoms with E-state index in [-0.39, 0.29) is 33.9 Å². The standard InChI is InChI=1S/C51H36N4/c1-4-16-35(17-5-1)38-22-14-24-40(30-38)49-52-50(41-25-15-23-39(31-41)36-18-6-2-7-19-36)54-51(53-49)43-32-42(37-20-8-3-9-21-37)33-44(34-43)55-47-28-12-10-26-45(47)46-27-11-13-29-48(46)55/h1-6,8-18,20-34H,7,19H2/i10D,11D,12D,13D,26D,27D,28D,29D. The van der Waals surface area contributed by atoms with Crippen molar-refractivity contribution in [2.24, 2.45) is 0 Å². The van der Waals surface area contributed by atoms with Gasteiger partial charge in [0.2, 0.25) is 0 Å². The molecule has 2 aromatic heterocycles. The Morgan fingerprint density at radius 1 is 0.455 bits per heavy atom. The Bertz CT molecular complexity index is 3300. The Morgan fingerprint density at radius 2 is 0.945 bits per heavy atom. The predicted octanol–water partition coefficient (Wildman–Crippen LogP) is 13.0. The molecule has 0 N–H and O–H groups in total. The maximum Gasteiger partial charge on any atom is 0.164 e. The van der Waals surface area contributed by atoms with E-state index in [1.165, 1.54) is 10.1 Å². The SMILES string of the molecule is [2H]c1c([2H])c([2H])c2c(c1[2H])c1c([2H])c([2H])c([2H])c([2H])c1n2-c1cc(-c2ccccc2)cc(-c2nc(-c3cccc(C4=CC=CCC4)c3)nc(-c3cccc(-c4ccccc4)c3)n2)c1. The van der Waals surface area contributed by atoms with Gasteiger partial charge in [0, 0.05) is 33.2 Å². The Balaban J connectivity index is 1.28. The lowest BCUT2D eigenvalue weighted by atomic mass is 9.96. The van der Waals surface area contributed by atoms with Gasteiger partial charge in [-0.3, -0.25) is 0 Å².